The molecular weight excluding hydrogens is 266 g/mol. The van der Waals surface area contributed by atoms with Gasteiger partial charge in [-0.15, -0.1) is 0 Å². The third-order valence-corrected chi connectivity index (χ3v) is 3.22. The van der Waals surface area contributed by atoms with Crippen molar-refractivity contribution in [2.75, 3.05) is 0 Å². The Balaban J connectivity index is 2.31. The zero-order chi connectivity index (χ0) is 14.8. The number of pyridine rings is 1. The average Bonchev–Trinajstić information content (AvgIpc) is 2.53. The first-order valence-electron chi connectivity index (χ1n) is 6.51. The van der Waals surface area contributed by atoms with E-state index in [1.807, 2.05) is 36.4 Å². The maximum absolute atomic E-state index is 12.3. The van der Waals surface area contributed by atoms with E-state index in [0.29, 0.717) is 5.69 Å². The molecule has 1 N–H and O–H groups in total. The van der Waals surface area contributed by atoms with E-state index in [2.05, 4.69) is 5.10 Å². The Kier molecular flexibility index (Phi) is 3.23. The van der Waals surface area contributed by atoms with E-state index in [-0.39, 0.29) is 17.0 Å². The highest BCUT2D eigenvalue weighted by molar-refractivity contribution is 5.68. The van der Waals surface area contributed by atoms with E-state index in [9.17, 15) is 9.90 Å². The van der Waals surface area contributed by atoms with Crippen LogP contribution in [0.4, 0.5) is 0 Å². The standard InChI is InChI=1S/C16H13N3O2/c1-18-16(21)14(19-10-6-3-7-11-19)15(20)13(17-18)12-8-4-2-5-9-12/h2-11H,1H3/p+1. The van der Waals surface area contributed by atoms with Crippen molar-refractivity contribution < 1.29 is 9.67 Å². The molecule has 5 heteroatoms. The molecular formula is C16H14N3O2+. The van der Waals surface area contributed by atoms with Gasteiger partial charge in [0.15, 0.2) is 12.4 Å². The summed E-state index contributed by atoms with van der Waals surface area (Å²) in [6.07, 6.45) is 3.43. The Morgan fingerprint density at radius 1 is 1.05 bits per heavy atom. The van der Waals surface area contributed by atoms with Gasteiger partial charge in [0.2, 0.25) is 5.75 Å². The molecule has 0 aliphatic heterocycles. The Morgan fingerprint density at radius 2 is 1.67 bits per heavy atom. The van der Waals surface area contributed by atoms with Gasteiger partial charge in [-0.2, -0.15) is 9.67 Å². The highest BCUT2D eigenvalue weighted by Gasteiger charge is 2.24. The van der Waals surface area contributed by atoms with E-state index in [1.165, 1.54) is 4.68 Å². The first-order chi connectivity index (χ1) is 10.2. The molecule has 3 rings (SSSR count). The van der Waals surface area contributed by atoms with Gasteiger partial charge in [-0.05, 0) is 0 Å². The van der Waals surface area contributed by atoms with Crippen LogP contribution in [0.15, 0.2) is 65.7 Å². The van der Waals surface area contributed by atoms with Crippen LogP contribution < -0.4 is 10.1 Å². The lowest BCUT2D eigenvalue weighted by molar-refractivity contribution is -0.597. The first-order valence-corrected chi connectivity index (χ1v) is 6.51. The van der Waals surface area contributed by atoms with E-state index in [4.69, 9.17) is 0 Å². The molecule has 0 aliphatic carbocycles. The number of aryl methyl sites for hydroxylation is 1. The minimum Gasteiger partial charge on any atom is -0.501 e. The number of rotatable bonds is 2. The number of aromatic hydroxyl groups is 1. The number of nitrogens with zero attached hydrogens (tertiary/aromatic N) is 3. The molecule has 0 saturated heterocycles. The molecule has 0 aliphatic rings. The van der Waals surface area contributed by atoms with Gasteiger partial charge in [0.05, 0.1) is 0 Å². The molecule has 0 radical (unpaired) electrons. The molecule has 5 nitrogen and oxygen atoms in total. The molecule has 3 aromatic rings. The predicted octanol–water partition coefficient (Wildman–Crippen LogP) is 1.43. The molecule has 0 spiro atoms. The maximum atomic E-state index is 12.3. The third kappa shape index (κ3) is 2.29. The van der Waals surface area contributed by atoms with Crippen molar-refractivity contribution in [3.8, 4) is 22.7 Å². The van der Waals surface area contributed by atoms with Gasteiger partial charge in [0.25, 0.3) is 0 Å². The smallest absolute Gasteiger partial charge is 0.343 e. The number of hydrogen-bond acceptors (Lipinski definition) is 3. The van der Waals surface area contributed by atoms with Crippen molar-refractivity contribution in [1.82, 2.24) is 9.78 Å². The van der Waals surface area contributed by atoms with Crippen LogP contribution in [-0.2, 0) is 7.05 Å². The van der Waals surface area contributed by atoms with Gasteiger partial charge in [-0.25, -0.2) is 4.68 Å². The van der Waals surface area contributed by atoms with Crippen LogP contribution >= 0.6 is 0 Å². The van der Waals surface area contributed by atoms with Crippen molar-refractivity contribution in [2.45, 2.75) is 0 Å². The summed E-state index contributed by atoms with van der Waals surface area (Å²) < 4.78 is 2.82. The lowest BCUT2D eigenvalue weighted by atomic mass is 10.1. The highest BCUT2D eigenvalue weighted by atomic mass is 16.3. The fraction of sp³-hybridized carbons (Fsp3) is 0.0625. The van der Waals surface area contributed by atoms with Crippen molar-refractivity contribution in [2.24, 2.45) is 7.05 Å². The number of benzene rings is 1. The quantitative estimate of drug-likeness (QED) is 0.722. The zero-order valence-corrected chi connectivity index (χ0v) is 11.5. The fourth-order valence-corrected chi connectivity index (χ4v) is 2.18. The first kappa shape index (κ1) is 13.1. The molecule has 0 atom stereocenters. The summed E-state index contributed by atoms with van der Waals surface area (Å²) >= 11 is 0. The third-order valence-electron chi connectivity index (χ3n) is 3.22. The molecule has 0 saturated carbocycles. The average molecular weight is 280 g/mol. The molecule has 0 bridgehead atoms. The highest BCUT2D eigenvalue weighted by Crippen LogP contribution is 2.27. The second-order valence-corrected chi connectivity index (χ2v) is 4.62. The van der Waals surface area contributed by atoms with Gasteiger partial charge in [-0.3, -0.25) is 4.79 Å². The molecule has 0 unspecified atom stereocenters. The summed E-state index contributed by atoms with van der Waals surface area (Å²) in [4.78, 5) is 12.3. The van der Waals surface area contributed by atoms with Crippen LogP contribution in [0.3, 0.4) is 0 Å². The summed E-state index contributed by atoms with van der Waals surface area (Å²) in [5, 5.41) is 14.7. The summed E-state index contributed by atoms with van der Waals surface area (Å²) in [6, 6.07) is 14.7. The molecule has 2 aromatic heterocycles. The van der Waals surface area contributed by atoms with E-state index in [0.717, 1.165) is 5.56 Å². The topological polar surface area (TPSA) is 59.0 Å². The second kappa shape index (κ2) is 5.20. The monoisotopic (exact) mass is 280 g/mol. The summed E-state index contributed by atoms with van der Waals surface area (Å²) in [7, 11) is 1.57. The second-order valence-electron chi connectivity index (χ2n) is 4.62. The van der Waals surface area contributed by atoms with Gasteiger partial charge in [-0.1, -0.05) is 36.4 Å². The Bertz CT molecular complexity index is 827. The molecule has 0 fully saturated rings. The maximum Gasteiger partial charge on any atom is 0.343 e. The minimum absolute atomic E-state index is 0.125. The Labute approximate surface area is 121 Å². The molecule has 104 valence electrons. The summed E-state index contributed by atoms with van der Waals surface area (Å²) in [5.41, 5.74) is 0.961. The zero-order valence-electron chi connectivity index (χ0n) is 11.5. The van der Waals surface area contributed by atoms with Crippen LogP contribution in [0.5, 0.6) is 5.75 Å². The summed E-state index contributed by atoms with van der Waals surface area (Å²) in [5.74, 6) is -0.125. The Hall–Kier alpha value is -2.95. The SMILES string of the molecule is Cn1nc(-c2ccccc2)c(O)c(-[n+]2ccccc2)c1=O. The molecule has 21 heavy (non-hydrogen) atoms. The van der Waals surface area contributed by atoms with Crippen molar-refractivity contribution in [1.29, 1.82) is 0 Å². The van der Waals surface area contributed by atoms with Crippen molar-refractivity contribution >= 4 is 0 Å². The molecule has 0 amide bonds. The van der Waals surface area contributed by atoms with Gasteiger partial charge in [0.1, 0.15) is 5.69 Å². The number of aromatic nitrogens is 3. The van der Waals surface area contributed by atoms with Crippen LogP contribution in [0.2, 0.25) is 0 Å². The lowest BCUT2D eigenvalue weighted by Gasteiger charge is -2.07. The minimum atomic E-state index is -0.358. The van der Waals surface area contributed by atoms with Gasteiger partial charge in [0, 0.05) is 24.7 Å². The lowest BCUT2D eigenvalue weighted by Crippen LogP contribution is -2.39. The van der Waals surface area contributed by atoms with Crippen LogP contribution in [0.1, 0.15) is 0 Å². The number of hydrogen-bond donors (Lipinski definition) is 1. The molecule has 2 heterocycles. The van der Waals surface area contributed by atoms with Crippen LogP contribution in [-0.4, -0.2) is 14.9 Å². The van der Waals surface area contributed by atoms with E-state index < -0.39 is 0 Å². The van der Waals surface area contributed by atoms with Crippen LogP contribution in [0.25, 0.3) is 16.9 Å². The van der Waals surface area contributed by atoms with E-state index in [1.54, 1.807) is 36.1 Å². The van der Waals surface area contributed by atoms with Crippen molar-refractivity contribution in [3.63, 3.8) is 0 Å². The van der Waals surface area contributed by atoms with Crippen LogP contribution in [0, 0.1) is 0 Å². The van der Waals surface area contributed by atoms with E-state index >= 15 is 0 Å². The largest absolute Gasteiger partial charge is 0.501 e. The predicted molar refractivity (Wildman–Crippen MR) is 78.1 cm³/mol. The normalized spacial score (nSPS) is 10.5. The fourth-order valence-electron chi connectivity index (χ4n) is 2.18. The molecule has 1 aromatic carbocycles. The summed E-state index contributed by atoms with van der Waals surface area (Å²) in [6.45, 7) is 0. The van der Waals surface area contributed by atoms with Gasteiger partial charge >= 0.3 is 11.2 Å². The van der Waals surface area contributed by atoms with Gasteiger partial charge < -0.3 is 5.11 Å². The van der Waals surface area contributed by atoms with Crippen molar-refractivity contribution in [3.05, 3.63) is 71.3 Å². The Morgan fingerprint density at radius 3 is 2.33 bits per heavy atom.